The van der Waals surface area contributed by atoms with E-state index >= 15 is 0 Å². The van der Waals surface area contributed by atoms with Gasteiger partial charge in [0.05, 0.1) is 18.4 Å². The van der Waals surface area contributed by atoms with Gasteiger partial charge in [0.1, 0.15) is 11.3 Å². The number of piperazine rings is 1. The smallest absolute Gasteiger partial charge is 0.248 e. The van der Waals surface area contributed by atoms with Crippen LogP contribution in [0.4, 0.5) is 5.69 Å². The highest BCUT2D eigenvalue weighted by atomic mass is 16.5. The second-order valence-electron chi connectivity index (χ2n) is 8.07. The van der Waals surface area contributed by atoms with E-state index in [0.29, 0.717) is 6.61 Å². The maximum atomic E-state index is 11.5. The van der Waals surface area contributed by atoms with E-state index in [1.165, 1.54) is 11.1 Å². The molecule has 0 saturated carbocycles. The average molecular weight is 418 g/mol. The SMILES string of the molecule is O=c1ccc2ccc(OCCCCN3CCN(c4cccc5occc45)CC3)cc2[nH]1. The summed E-state index contributed by atoms with van der Waals surface area (Å²) in [5.74, 6) is 0.802. The van der Waals surface area contributed by atoms with Crippen LogP contribution in [0.1, 0.15) is 12.8 Å². The van der Waals surface area contributed by atoms with E-state index in [9.17, 15) is 4.79 Å². The highest BCUT2D eigenvalue weighted by molar-refractivity contribution is 5.91. The van der Waals surface area contributed by atoms with Crippen LogP contribution >= 0.6 is 0 Å². The molecule has 160 valence electrons. The maximum Gasteiger partial charge on any atom is 0.248 e. The molecule has 0 amide bonds. The molecule has 0 spiro atoms. The number of nitrogens with one attached hydrogen (secondary N) is 1. The van der Waals surface area contributed by atoms with E-state index < -0.39 is 0 Å². The van der Waals surface area contributed by atoms with E-state index in [4.69, 9.17) is 9.15 Å². The van der Waals surface area contributed by atoms with E-state index in [-0.39, 0.29) is 5.56 Å². The predicted octanol–water partition coefficient (Wildman–Crippen LogP) is 4.26. The number of anilines is 1. The van der Waals surface area contributed by atoms with Crippen LogP contribution < -0.4 is 15.2 Å². The molecule has 4 aromatic rings. The van der Waals surface area contributed by atoms with Gasteiger partial charge in [-0.25, -0.2) is 0 Å². The molecule has 2 aromatic heterocycles. The molecule has 6 nitrogen and oxygen atoms in total. The van der Waals surface area contributed by atoms with E-state index in [2.05, 4.69) is 33.0 Å². The van der Waals surface area contributed by atoms with Crippen LogP contribution in [0.3, 0.4) is 0 Å². The number of hydrogen-bond donors (Lipinski definition) is 1. The van der Waals surface area contributed by atoms with Gasteiger partial charge < -0.3 is 19.0 Å². The Kier molecular flexibility index (Phi) is 5.63. The Morgan fingerprint density at radius 3 is 2.74 bits per heavy atom. The van der Waals surface area contributed by atoms with E-state index in [1.54, 1.807) is 12.3 Å². The highest BCUT2D eigenvalue weighted by Gasteiger charge is 2.18. The normalized spacial score (nSPS) is 15.0. The van der Waals surface area contributed by atoms with Crippen LogP contribution in [0.5, 0.6) is 5.75 Å². The molecule has 3 heterocycles. The lowest BCUT2D eigenvalue weighted by Crippen LogP contribution is -2.46. The topological polar surface area (TPSA) is 61.7 Å². The zero-order chi connectivity index (χ0) is 21.0. The number of aromatic amines is 1. The minimum atomic E-state index is -0.0915. The van der Waals surface area contributed by atoms with Crippen LogP contribution in [0.15, 0.2) is 70.1 Å². The molecule has 0 bridgehead atoms. The molecule has 0 aliphatic carbocycles. The zero-order valence-electron chi connectivity index (χ0n) is 17.5. The van der Waals surface area contributed by atoms with Gasteiger partial charge in [0.2, 0.25) is 5.56 Å². The van der Waals surface area contributed by atoms with Gasteiger partial charge in [0, 0.05) is 49.4 Å². The van der Waals surface area contributed by atoms with Crippen molar-refractivity contribution < 1.29 is 9.15 Å². The monoisotopic (exact) mass is 417 g/mol. The number of rotatable bonds is 7. The molecule has 1 aliphatic rings. The summed E-state index contributed by atoms with van der Waals surface area (Å²) in [5, 5.41) is 2.21. The molecular weight excluding hydrogens is 390 g/mol. The number of nitrogens with zero attached hydrogens (tertiary/aromatic N) is 2. The molecule has 6 heteroatoms. The summed E-state index contributed by atoms with van der Waals surface area (Å²) in [6.45, 7) is 6.01. The van der Waals surface area contributed by atoms with Crippen molar-refractivity contribution in [2.24, 2.45) is 0 Å². The van der Waals surface area contributed by atoms with Gasteiger partial charge in [-0.05, 0) is 61.2 Å². The highest BCUT2D eigenvalue weighted by Crippen LogP contribution is 2.28. The molecule has 5 rings (SSSR count). The summed E-state index contributed by atoms with van der Waals surface area (Å²) in [7, 11) is 0. The van der Waals surface area contributed by atoms with Crippen molar-refractivity contribution in [2.45, 2.75) is 12.8 Å². The number of benzene rings is 2. The number of ether oxygens (including phenoxy) is 1. The minimum Gasteiger partial charge on any atom is -0.494 e. The Balaban J connectivity index is 1.05. The molecule has 0 radical (unpaired) electrons. The van der Waals surface area contributed by atoms with Crippen molar-refractivity contribution in [1.82, 2.24) is 9.88 Å². The fourth-order valence-corrected chi connectivity index (χ4v) is 4.31. The van der Waals surface area contributed by atoms with Crippen LogP contribution in [0, 0.1) is 0 Å². The fourth-order valence-electron chi connectivity index (χ4n) is 4.31. The maximum absolute atomic E-state index is 11.5. The summed E-state index contributed by atoms with van der Waals surface area (Å²) in [6.07, 6.45) is 3.89. The number of hydrogen-bond acceptors (Lipinski definition) is 5. The van der Waals surface area contributed by atoms with Crippen molar-refractivity contribution in [3.63, 3.8) is 0 Å². The van der Waals surface area contributed by atoms with Crippen LogP contribution in [0.25, 0.3) is 21.9 Å². The third-order valence-electron chi connectivity index (χ3n) is 6.02. The van der Waals surface area contributed by atoms with Crippen LogP contribution in [0.2, 0.25) is 0 Å². The van der Waals surface area contributed by atoms with Gasteiger partial charge in [-0.3, -0.25) is 9.69 Å². The van der Waals surface area contributed by atoms with Crippen LogP contribution in [-0.2, 0) is 0 Å². The Bertz CT molecular complexity index is 1220. The van der Waals surface area contributed by atoms with Crippen molar-refractivity contribution in [3.05, 3.63) is 71.2 Å². The Hall–Kier alpha value is -3.25. The molecule has 0 unspecified atom stereocenters. The van der Waals surface area contributed by atoms with E-state index in [0.717, 1.165) is 67.8 Å². The van der Waals surface area contributed by atoms with Crippen molar-refractivity contribution in [2.75, 3.05) is 44.2 Å². The average Bonchev–Trinajstić information content (AvgIpc) is 3.28. The number of aromatic nitrogens is 1. The number of unbranched alkanes of at least 4 members (excludes halogenated alkanes) is 1. The number of H-pyrrole nitrogens is 1. The van der Waals surface area contributed by atoms with Crippen LogP contribution in [-0.4, -0.2) is 49.2 Å². The molecular formula is C25H27N3O3. The number of pyridine rings is 1. The number of fused-ring (bicyclic) bond motifs is 2. The Morgan fingerprint density at radius 2 is 1.84 bits per heavy atom. The first-order chi connectivity index (χ1) is 15.3. The first-order valence-electron chi connectivity index (χ1n) is 11.0. The Morgan fingerprint density at radius 1 is 0.968 bits per heavy atom. The molecule has 1 N–H and O–H groups in total. The largest absolute Gasteiger partial charge is 0.494 e. The standard InChI is InChI=1S/C25H27N3O3/c29-25-9-7-19-6-8-20(18-22(19)26-25)30-16-2-1-11-27-12-14-28(15-13-27)23-4-3-5-24-21(23)10-17-31-24/h3-10,17-18H,1-2,11-16H2,(H,26,29). The van der Waals surface area contributed by atoms with Crippen molar-refractivity contribution in [1.29, 1.82) is 0 Å². The summed E-state index contributed by atoms with van der Waals surface area (Å²) in [4.78, 5) is 19.3. The summed E-state index contributed by atoms with van der Waals surface area (Å²) < 4.78 is 11.4. The summed E-state index contributed by atoms with van der Waals surface area (Å²) in [6, 6.07) is 17.5. The lowest BCUT2D eigenvalue weighted by Gasteiger charge is -2.36. The molecule has 1 fully saturated rings. The third kappa shape index (κ3) is 4.44. The quantitative estimate of drug-likeness (QED) is 0.456. The van der Waals surface area contributed by atoms with Crippen molar-refractivity contribution in [3.8, 4) is 5.75 Å². The minimum absolute atomic E-state index is 0.0915. The first kappa shape index (κ1) is 19.7. The van der Waals surface area contributed by atoms with Gasteiger partial charge in [0.25, 0.3) is 0 Å². The molecule has 31 heavy (non-hydrogen) atoms. The van der Waals surface area contributed by atoms with E-state index in [1.807, 2.05) is 30.3 Å². The molecule has 1 aliphatic heterocycles. The third-order valence-corrected chi connectivity index (χ3v) is 6.02. The molecule has 1 saturated heterocycles. The lowest BCUT2D eigenvalue weighted by atomic mass is 10.1. The zero-order valence-corrected chi connectivity index (χ0v) is 17.5. The molecule has 0 atom stereocenters. The second-order valence-corrected chi connectivity index (χ2v) is 8.07. The lowest BCUT2D eigenvalue weighted by molar-refractivity contribution is 0.239. The summed E-state index contributed by atoms with van der Waals surface area (Å²) in [5.41, 5.74) is 2.95. The van der Waals surface area contributed by atoms with Gasteiger partial charge in [0.15, 0.2) is 0 Å². The van der Waals surface area contributed by atoms with Gasteiger partial charge in [-0.2, -0.15) is 0 Å². The summed E-state index contributed by atoms with van der Waals surface area (Å²) >= 11 is 0. The first-order valence-corrected chi connectivity index (χ1v) is 11.0. The molecule has 2 aromatic carbocycles. The fraction of sp³-hybridized carbons (Fsp3) is 0.320. The predicted molar refractivity (Wildman–Crippen MR) is 124 cm³/mol. The van der Waals surface area contributed by atoms with Crippen molar-refractivity contribution >= 4 is 27.6 Å². The Labute approximate surface area is 181 Å². The second kappa shape index (κ2) is 8.86. The number of furan rings is 1. The van der Waals surface area contributed by atoms with Gasteiger partial charge in [-0.1, -0.05) is 6.07 Å². The van der Waals surface area contributed by atoms with Gasteiger partial charge in [-0.15, -0.1) is 0 Å². The van der Waals surface area contributed by atoms with Gasteiger partial charge >= 0.3 is 0 Å².